The van der Waals surface area contributed by atoms with Gasteiger partial charge in [-0.25, -0.2) is 14.4 Å². The Labute approximate surface area is 169 Å². The van der Waals surface area contributed by atoms with E-state index in [0.29, 0.717) is 39.2 Å². The van der Waals surface area contributed by atoms with E-state index in [0.717, 1.165) is 0 Å². The number of likely N-dealkylation sites (N-methyl/N-ethyl adjacent to an activating group) is 1. The van der Waals surface area contributed by atoms with E-state index in [-0.39, 0.29) is 23.4 Å². The molecule has 0 saturated heterocycles. The van der Waals surface area contributed by atoms with E-state index < -0.39 is 6.04 Å². The minimum Gasteiger partial charge on any atom is -0.491 e. The van der Waals surface area contributed by atoms with Crippen molar-refractivity contribution in [1.82, 2.24) is 19.3 Å². The number of halogens is 2. The number of nitrogens with zero attached hydrogens (tertiary/aromatic N) is 4. The van der Waals surface area contributed by atoms with Gasteiger partial charge in [0.25, 0.3) is 5.91 Å². The van der Waals surface area contributed by atoms with Gasteiger partial charge in [0.05, 0.1) is 40.2 Å². The summed E-state index contributed by atoms with van der Waals surface area (Å²) in [6, 6.07) is 7.14. The smallest absolute Gasteiger partial charge is 0.255 e. The Morgan fingerprint density at radius 3 is 3.00 bits per heavy atom. The molecule has 2 N–H and O–H groups in total. The fourth-order valence-corrected chi connectivity index (χ4v) is 3.92. The first-order chi connectivity index (χ1) is 13.9. The standard InChI is InChI=1S/C20H15ClFN5O2/c1-26(17-8-29-18-3-2-10(22)4-12(17)18)20(28)11-5-15-14(6-13(11)21)25-19(23)16-7-24-9-27(15)16/h2-7,9,17H,8H2,1H3,(H2,23,25)/t17-/m1/s1. The van der Waals surface area contributed by atoms with Gasteiger partial charge in [0.2, 0.25) is 0 Å². The van der Waals surface area contributed by atoms with Crippen LogP contribution >= 0.6 is 11.6 Å². The number of imidazole rings is 1. The fraction of sp³-hybridized carbons (Fsp3) is 0.150. The first kappa shape index (κ1) is 17.7. The van der Waals surface area contributed by atoms with Gasteiger partial charge in [-0.3, -0.25) is 9.20 Å². The molecule has 2 aromatic heterocycles. The first-order valence-corrected chi connectivity index (χ1v) is 9.22. The van der Waals surface area contributed by atoms with Crippen LogP contribution in [0, 0.1) is 5.82 Å². The monoisotopic (exact) mass is 411 g/mol. The molecule has 1 atom stereocenters. The zero-order valence-corrected chi connectivity index (χ0v) is 16.0. The molecule has 0 aliphatic carbocycles. The van der Waals surface area contributed by atoms with E-state index in [1.54, 1.807) is 42.2 Å². The van der Waals surface area contributed by atoms with Crippen LogP contribution in [0.2, 0.25) is 5.02 Å². The molecule has 1 aliphatic rings. The van der Waals surface area contributed by atoms with Gasteiger partial charge in [0, 0.05) is 12.6 Å². The number of nitrogen functional groups attached to an aromatic ring is 1. The van der Waals surface area contributed by atoms with Crippen molar-refractivity contribution < 1.29 is 13.9 Å². The largest absolute Gasteiger partial charge is 0.491 e. The van der Waals surface area contributed by atoms with Gasteiger partial charge < -0.3 is 15.4 Å². The lowest BCUT2D eigenvalue weighted by atomic mass is 10.1. The first-order valence-electron chi connectivity index (χ1n) is 8.84. The van der Waals surface area contributed by atoms with E-state index in [1.807, 2.05) is 0 Å². The van der Waals surface area contributed by atoms with Crippen LogP contribution in [0.1, 0.15) is 22.0 Å². The zero-order valence-electron chi connectivity index (χ0n) is 15.3. The molecular weight excluding hydrogens is 397 g/mol. The van der Waals surface area contributed by atoms with E-state index in [2.05, 4.69) is 9.97 Å². The minimum atomic E-state index is -0.419. The van der Waals surface area contributed by atoms with Crippen molar-refractivity contribution in [2.24, 2.45) is 0 Å². The maximum atomic E-state index is 13.7. The van der Waals surface area contributed by atoms with Crippen molar-refractivity contribution in [2.45, 2.75) is 6.04 Å². The van der Waals surface area contributed by atoms with Gasteiger partial charge in [-0.2, -0.15) is 0 Å². The number of hydrogen-bond donors (Lipinski definition) is 1. The molecule has 0 radical (unpaired) electrons. The third-order valence-corrected chi connectivity index (χ3v) is 5.52. The molecule has 0 spiro atoms. The Morgan fingerprint density at radius 2 is 2.17 bits per heavy atom. The number of amides is 1. The summed E-state index contributed by atoms with van der Waals surface area (Å²) in [6.07, 6.45) is 3.21. The van der Waals surface area contributed by atoms with Crippen molar-refractivity contribution in [1.29, 1.82) is 0 Å². The van der Waals surface area contributed by atoms with Crippen molar-refractivity contribution in [3.63, 3.8) is 0 Å². The molecule has 1 amide bonds. The minimum absolute atomic E-state index is 0.246. The molecule has 0 bridgehead atoms. The number of fused-ring (bicyclic) bond motifs is 4. The topological polar surface area (TPSA) is 85.8 Å². The molecule has 0 unspecified atom stereocenters. The number of nitrogens with two attached hydrogens (primary N) is 1. The highest BCUT2D eigenvalue weighted by Gasteiger charge is 2.32. The molecule has 5 rings (SSSR count). The predicted molar refractivity (Wildman–Crippen MR) is 107 cm³/mol. The number of carbonyl (C=O) groups excluding carboxylic acids is 1. The molecule has 4 aromatic rings. The van der Waals surface area contributed by atoms with Crippen molar-refractivity contribution in [2.75, 3.05) is 19.4 Å². The average molecular weight is 412 g/mol. The van der Waals surface area contributed by atoms with E-state index in [4.69, 9.17) is 22.1 Å². The van der Waals surface area contributed by atoms with Crippen LogP contribution in [0.4, 0.5) is 10.2 Å². The summed E-state index contributed by atoms with van der Waals surface area (Å²) in [7, 11) is 1.64. The van der Waals surface area contributed by atoms with Crippen LogP contribution < -0.4 is 10.5 Å². The predicted octanol–water partition coefficient (Wildman–Crippen LogP) is 3.46. The maximum Gasteiger partial charge on any atom is 0.255 e. The highest BCUT2D eigenvalue weighted by Crippen LogP contribution is 2.37. The lowest BCUT2D eigenvalue weighted by Crippen LogP contribution is -2.32. The van der Waals surface area contributed by atoms with Crippen LogP contribution in [0.25, 0.3) is 16.6 Å². The summed E-state index contributed by atoms with van der Waals surface area (Å²) in [4.78, 5) is 23.2. The molecule has 1 aliphatic heterocycles. The summed E-state index contributed by atoms with van der Waals surface area (Å²) in [5.41, 5.74) is 8.74. The highest BCUT2D eigenvalue weighted by atomic mass is 35.5. The lowest BCUT2D eigenvalue weighted by molar-refractivity contribution is 0.0708. The lowest BCUT2D eigenvalue weighted by Gasteiger charge is -2.24. The summed E-state index contributed by atoms with van der Waals surface area (Å²) in [5.74, 6) is 0.201. The molecule has 146 valence electrons. The van der Waals surface area contributed by atoms with Crippen LogP contribution in [0.5, 0.6) is 5.75 Å². The Bertz CT molecular complexity index is 1310. The van der Waals surface area contributed by atoms with Gasteiger partial charge >= 0.3 is 0 Å². The van der Waals surface area contributed by atoms with Gasteiger partial charge in [-0.05, 0) is 30.3 Å². The fourth-order valence-electron chi connectivity index (χ4n) is 3.68. The number of ether oxygens (including phenoxy) is 1. The molecule has 3 heterocycles. The van der Waals surface area contributed by atoms with Crippen LogP contribution in [-0.2, 0) is 0 Å². The van der Waals surface area contributed by atoms with Gasteiger partial charge in [-0.1, -0.05) is 11.6 Å². The molecule has 29 heavy (non-hydrogen) atoms. The third-order valence-electron chi connectivity index (χ3n) is 5.21. The van der Waals surface area contributed by atoms with Crippen molar-refractivity contribution >= 4 is 39.9 Å². The number of aromatic nitrogens is 3. The van der Waals surface area contributed by atoms with Crippen LogP contribution in [0.15, 0.2) is 42.9 Å². The Kier molecular flexibility index (Phi) is 3.85. The Hall–Kier alpha value is -3.39. The van der Waals surface area contributed by atoms with E-state index in [9.17, 15) is 9.18 Å². The quantitative estimate of drug-likeness (QED) is 0.546. The second-order valence-electron chi connectivity index (χ2n) is 6.89. The summed E-state index contributed by atoms with van der Waals surface area (Å²) in [5, 5.41) is 0.249. The van der Waals surface area contributed by atoms with Crippen LogP contribution in [-0.4, -0.2) is 38.8 Å². The number of anilines is 1. The van der Waals surface area contributed by atoms with Crippen LogP contribution in [0.3, 0.4) is 0 Å². The number of hydrogen-bond acceptors (Lipinski definition) is 5. The number of rotatable bonds is 2. The van der Waals surface area contributed by atoms with Gasteiger partial charge in [0.1, 0.15) is 29.5 Å². The second kappa shape index (κ2) is 6.31. The Morgan fingerprint density at radius 1 is 1.34 bits per heavy atom. The SMILES string of the molecule is CN(C(=O)c1cc2c(cc1Cl)nc(N)c1cncn12)[C@@H]1COc2ccc(F)cc21. The summed E-state index contributed by atoms with van der Waals surface area (Å²) >= 11 is 6.41. The highest BCUT2D eigenvalue weighted by molar-refractivity contribution is 6.34. The summed E-state index contributed by atoms with van der Waals surface area (Å²) < 4.78 is 21.1. The van der Waals surface area contributed by atoms with E-state index >= 15 is 0 Å². The number of benzene rings is 2. The van der Waals surface area contributed by atoms with Crippen molar-refractivity contribution in [3.8, 4) is 5.75 Å². The third kappa shape index (κ3) is 2.67. The summed E-state index contributed by atoms with van der Waals surface area (Å²) in [6.45, 7) is 0.246. The molecule has 0 fully saturated rings. The van der Waals surface area contributed by atoms with Crippen molar-refractivity contribution in [3.05, 3.63) is 64.8 Å². The molecule has 7 nitrogen and oxygen atoms in total. The van der Waals surface area contributed by atoms with Gasteiger partial charge in [0.15, 0.2) is 0 Å². The second-order valence-corrected chi connectivity index (χ2v) is 7.30. The molecule has 2 aromatic carbocycles. The molecular formula is C20H15ClFN5O2. The Balaban J connectivity index is 1.59. The molecule has 9 heteroatoms. The molecule has 0 saturated carbocycles. The maximum absolute atomic E-state index is 13.7. The zero-order chi connectivity index (χ0) is 20.3. The normalized spacial score (nSPS) is 15.5. The number of carbonyl (C=O) groups is 1. The average Bonchev–Trinajstić information content (AvgIpc) is 3.34. The van der Waals surface area contributed by atoms with Gasteiger partial charge in [-0.15, -0.1) is 0 Å². The van der Waals surface area contributed by atoms with E-state index in [1.165, 1.54) is 17.0 Å².